The van der Waals surface area contributed by atoms with E-state index < -0.39 is 34.8 Å². The van der Waals surface area contributed by atoms with E-state index in [2.05, 4.69) is 15.0 Å². The summed E-state index contributed by atoms with van der Waals surface area (Å²) in [7, 11) is 0. The third-order valence-corrected chi connectivity index (χ3v) is 7.17. The molecule has 1 aliphatic heterocycles. The molecule has 1 fully saturated rings. The van der Waals surface area contributed by atoms with Gasteiger partial charge in [-0.1, -0.05) is 36.4 Å². The smallest absolute Gasteiger partial charge is 0.338 e. The summed E-state index contributed by atoms with van der Waals surface area (Å²) in [6.45, 7) is -0.187. The predicted octanol–water partition coefficient (Wildman–Crippen LogP) is 3.03. The van der Waals surface area contributed by atoms with Gasteiger partial charge in [0, 0.05) is 0 Å². The maximum atomic E-state index is 15.9. The van der Waals surface area contributed by atoms with Crippen LogP contribution < -0.4 is 11.5 Å². The lowest BCUT2D eigenvalue weighted by atomic mass is 10.1. The molecule has 4 aromatic rings. The molecule has 0 amide bonds. The minimum absolute atomic E-state index is 0.0649. The highest BCUT2D eigenvalue weighted by Gasteiger charge is 2.49. The molecular weight excluding hydrogens is 487 g/mol. The van der Waals surface area contributed by atoms with Gasteiger partial charge in [0.05, 0.1) is 22.7 Å². The van der Waals surface area contributed by atoms with Crippen LogP contribution in [0.2, 0.25) is 0 Å². The average molecular weight is 509 g/mol. The molecule has 0 spiro atoms. The van der Waals surface area contributed by atoms with Gasteiger partial charge in [-0.15, -0.1) is 11.8 Å². The van der Waals surface area contributed by atoms with Crippen molar-refractivity contribution in [2.75, 3.05) is 18.1 Å². The van der Waals surface area contributed by atoms with Crippen molar-refractivity contribution in [2.24, 2.45) is 0 Å². The van der Waals surface area contributed by atoms with Crippen molar-refractivity contribution >= 4 is 46.6 Å². The number of anilines is 2. The summed E-state index contributed by atoms with van der Waals surface area (Å²) in [5.74, 6) is -1.27. The first kappa shape index (κ1) is 23.5. The Labute approximate surface area is 208 Å². The van der Waals surface area contributed by atoms with Crippen LogP contribution in [0, 0.1) is 0 Å². The third-order valence-electron chi connectivity index (χ3n) is 5.65. The number of fused-ring (bicyclic) bond motifs is 1. The molecule has 1 saturated heterocycles. The number of ether oxygens (including phenoxy) is 2. The molecule has 10 nitrogen and oxygen atoms in total. The summed E-state index contributed by atoms with van der Waals surface area (Å²) >= 11 is 1.14. The molecule has 4 atom stereocenters. The number of nitrogens with zero attached hydrogens (tertiary/aromatic N) is 4. The molecule has 0 aliphatic carbocycles. The number of alkyl halides is 1. The molecule has 1 aliphatic rings. The molecule has 184 valence electrons. The second-order valence-electron chi connectivity index (χ2n) is 8.00. The highest BCUT2D eigenvalue weighted by atomic mass is 32.2. The van der Waals surface area contributed by atoms with Crippen LogP contribution in [0.1, 0.15) is 26.1 Å². The fraction of sp³-hybridized carbons (Fsp3) is 0.208. The first-order valence-electron chi connectivity index (χ1n) is 11.0. The van der Waals surface area contributed by atoms with Crippen molar-refractivity contribution in [3.63, 3.8) is 0 Å². The monoisotopic (exact) mass is 508 g/mol. The number of rotatable bonds is 6. The third kappa shape index (κ3) is 4.54. The van der Waals surface area contributed by atoms with Gasteiger partial charge < -0.3 is 20.9 Å². The number of nitrogens with two attached hydrogens (primary N) is 2. The first-order valence-corrected chi connectivity index (χ1v) is 11.9. The minimum Gasteiger partial charge on any atom is -0.461 e. The molecule has 36 heavy (non-hydrogen) atoms. The maximum Gasteiger partial charge on any atom is 0.338 e. The topological polar surface area (TPSA) is 148 Å². The lowest BCUT2D eigenvalue weighted by Gasteiger charge is -2.21. The zero-order valence-electron chi connectivity index (χ0n) is 18.7. The molecule has 2 aromatic heterocycles. The van der Waals surface area contributed by atoms with Gasteiger partial charge in [0.2, 0.25) is 5.95 Å². The Hall–Kier alpha value is -4.19. The number of nitrogen functional groups attached to an aromatic ring is 2. The number of hydrogen-bond acceptors (Lipinski definition) is 10. The van der Waals surface area contributed by atoms with E-state index in [0.29, 0.717) is 5.56 Å². The maximum absolute atomic E-state index is 15.9. The molecule has 0 bridgehead atoms. The van der Waals surface area contributed by atoms with E-state index in [-0.39, 0.29) is 35.1 Å². The molecular formula is C24H21FN6O4S. The summed E-state index contributed by atoms with van der Waals surface area (Å²) in [5, 5.41) is -1.61. The van der Waals surface area contributed by atoms with Gasteiger partial charge in [-0.2, -0.15) is 9.97 Å². The van der Waals surface area contributed by atoms with Crippen LogP contribution >= 0.6 is 11.8 Å². The number of halogens is 1. The number of esters is 2. The largest absolute Gasteiger partial charge is 0.461 e. The van der Waals surface area contributed by atoms with Gasteiger partial charge in [0.1, 0.15) is 17.5 Å². The van der Waals surface area contributed by atoms with Crippen LogP contribution in [0.5, 0.6) is 0 Å². The Kier molecular flexibility index (Phi) is 6.42. The standard InChI is InChI=1S/C24H21FN6O4S/c25-16-18(35-23(33)14-9-5-2-6-10-14)15(11-34-22(32)13-7-3-1-4-8-13)36-21(16)31-12-28-17-19(26)29-24(27)30-20(17)31/h1-10,12,15-16,18,21H,11H2,(H4,26,27,29,30)/t15-,16+,18-,21?/m1/s1. The summed E-state index contributed by atoms with van der Waals surface area (Å²) < 4.78 is 28.5. The second-order valence-corrected chi connectivity index (χ2v) is 9.36. The normalized spacial score (nSPS) is 21.4. The van der Waals surface area contributed by atoms with Crippen molar-refractivity contribution in [1.82, 2.24) is 19.5 Å². The number of imidazole rings is 1. The van der Waals surface area contributed by atoms with E-state index in [4.69, 9.17) is 20.9 Å². The van der Waals surface area contributed by atoms with E-state index in [9.17, 15) is 9.59 Å². The van der Waals surface area contributed by atoms with Crippen LogP contribution in [0.15, 0.2) is 67.0 Å². The minimum atomic E-state index is -1.68. The van der Waals surface area contributed by atoms with Crippen LogP contribution in [-0.2, 0) is 9.47 Å². The van der Waals surface area contributed by atoms with Gasteiger partial charge in [-0.3, -0.25) is 4.57 Å². The number of aromatic nitrogens is 4. The quantitative estimate of drug-likeness (QED) is 0.372. The zero-order valence-corrected chi connectivity index (χ0v) is 19.5. The lowest BCUT2D eigenvalue weighted by molar-refractivity contribution is -0.00100. The van der Waals surface area contributed by atoms with Crippen molar-refractivity contribution in [3.05, 3.63) is 78.1 Å². The summed E-state index contributed by atoms with van der Waals surface area (Å²) in [6.07, 6.45) is -1.52. The van der Waals surface area contributed by atoms with Crippen LogP contribution in [0.25, 0.3) is 11.2 Å². The molecule has 1 unspecified atom stereocenters. The van der Waals surface area contributed by atoms with Crippen molar-refractivity contribution in [2.45, 2.75) is 22.9 Å². The Morgan fingerprint density at radius 2 is 1.61 bits per heavy atom. The SMILES string of the molecule is Nc1nc(N)c2ncn(C3S[C@H](COC(=O)c4ccccc4)[C@@H](OC(=O)c4ccccc4)[C@@H]3F)c2n1. The Bertz CT molecular complexity index is 1400. The molecule has 0 radical (unpaired) electrons. The van der Waals surface area contributed by atoms with Crippen molar-refractivity contribution < 1.29 is 23.5 Å². The predicted molar refractivity (Wildman–Crippen MR) is 132 cm³/mol. The van der Waals surface area contributed by atoms with E-state index >= 15 is 4.39 Å². The van der Waals surface area contributed by atoms with Gasteiger partial charge in [0.25, 0.3) is 0 Å². The zero-order chi connectivity index (χ0) is 25.2. The summed E-state index contributed by atoms with van der Waals surface area (Å²) in [4.78, 5) is 37.5. The Morgan fingerprint density at radius 1 is 0.972 bits per heavy atom. The fourth-order valence-electron chi connectivity index (χ4n) is 3.92. The van der Waals surface area contributed by atoms with Gasteiger partial charge >= 0.3 is 11.9 Å². The van der Waals surface area contributed by atoms with Crippen molar-refractivity contribution in [1.29, 1.82) is 0 Å². The van der Waals surface area contributed by atoms with Crippen molar-refractivity contribution in [3.8, 4) is 0 Å². The molecule has 3 heterocycles. The number of benzene rings is 2. The Balaban J connectivity index is 1.42. The first-order chi connectivity index (χ1) is 17.4. The molecule has 12 heteroatoms. The van der Waals surface area contributed by atoms with Gasteiger partial charge in [-0.25, -0.2) is 19.0 Å². The second kappa shape index (κ2) is 9.82. The van der Waals surface area contributed by atoms with E-state index in [1.165, 1.54) is 10.9 Å². The molecule has 2 aromatic carbocycles. The molecule has 0 saturated carbocycles. The summed E-state index contributed by atoms with van der Waals surface area (Å²) in [5.41, 5.74) is 12.8. The number of carbonyl (C=O) groups excluding carboxylic acids is 2. The van der Waals surface area contributed by atoms with E-state index in [0.717, 1.165) is 11.8 Å². The van der Waals surface area contributed by atoms with Crippen LogP contribution in [0.4, 0.5) is 16.2 Å². The number of thioether (sulfide) groups is 1. The summed E-state index contributed by atoms with van der Waals surface area (Å²) in [6, 6.07) is 16.7. The highest BCUT2D eigenvalue weighted by molar-refractivity contribution is 8.00. The number of hydrogen-bond donors (Lipinski definition) is 2. The lowest BCUT2D eigenvalue weighted by Crippen LogP contribution is -2.36. The highest BCUT2D eigenvalue weighted by Crippen LogP contribution is 2.46. The Morgan fingerprint density at radius 3 is 2.28 bits per heavy atom. The molecule has 5 rings (SSSR count). The van der Waals surface area contributed by atoms with E-state index in [1.807, 2.05) is 0 Å². The number of carbonyl (C=O) groups is 2. The van der Waals surface area contributed by atoms with Gasteiger partial charge in [-0.05, 0) is 24.3 Å². The van der Waals surface area contributed by atoms with E-state index in [1.54, 1.807) is 60.7 Å². The van der Waals surface area contributed by atoms with Crippen LogP contribution in [0.3, 0.4) is 0 Å². The van der Waals surface area contributed by atoms with Gasteiger partial charge in [0.15, 0.2) is 23.7 Å². The average Bonchev–Trinajstić information content (AvgIpc) is 3.44. The fourth-order valence-corrected chi connectivity index (χ4v) is 5.37. The van der Waals surface area contributed by atoms with Crippen LogP contribution in [-0.4, -0.2) is 55.6 Å². The molecule has 4 N–H and O–H groups in total.